The molecule has 0 saturated carbocycles. The van der Waals surface area contributed by atoms with Crippen molar-refractivity contribution in [3.05, 3.63) is 70.3 Å². The number of amides is 2. The van der Waals surface area contributed by atoms with Gasteiger partial charge in [-0.05, 0) is 37.1 Å². The smallest absolute Gasteiger partial charge is 0.278 e. The van der Waals surface area contributed by atoms with Crippen LogP contribution < -0.4 is 5.32 Å². The van der Waals surface area contributed by atoms with Crippen LogP contribution in [0.2, 0.25) is 0 Å². The van der Waals surface area contributed by atoms with Gasteiger partial charge in [0.25, 0.3) is 11.8 Å². The molecule has 3 rings (SSSR count). The van der Waals surface area contributed by atoms with Crippen LogP contribution in [0.5, 0.6) is 0 Å². The average Bonchev–Trinajstić information content (AvgIpc) is 2.90. The molecule has 0 saturated heterocycles. The SMILES string of the molecule is CCOCCCN1C(=O)C(Nc2cccc(Br)c2)=C(c2ccccc2)C1=O. The van der Waals surface area contributed by atoms with Gasteiger partial charge in [-0.3, -0.25) is 14.5 Å². The monoisotopic (exact) mass is 428 g/mol. The second kappa shape index (κ2) is 8.97. The van der Waals surface area contributed by atoms with Crippen molar-refractivity contribution < 1.29 is 14.3 Å². The first-order valence-corrected chi connectivity index (χ1v) is 9.67. The van der Waals surface area contributed by atoms with E-state index in [2.05, 4.69) is 21.2 Å². The van der Waals surface area contributed by atoms with Crippen LogP contribution in [0.1, 0.15) is 18.9 Å². The van der Waals surface area contributed by atoms with Crippen molar-refractivity contribution in [2.45, 2.75) is 13.3 Å². The molecular weight excluding hydrogens is 408 g/mol. The summed E-state index contributed by atoms with van der Waals surface area (Å²) in [6.45, 7) is 3.38. The zero-order chi connectivity index (χ0) is 19.2. The molecule has 0 aliphatic carbocycles. The van der Waals surface area contributed by atoms with Gasteiger partial charge in [0.15, 0.2) is 0 Å². The minimum absolute atomic E-state index is 0.278. The van der Waals surface area contributed by atoms with E-state index in [0.717, 1.165) is 15.7 Å². The number of ether oxygens (including phenoxy) is 1. The molecule has 27 heavy (non-hydrogen) atoms. The van der Waals surface area contributed by atoms with Crippen LogP contribution in [-0.2, 0) is 14.3 Å². The van der Waals surface area contributed by atoms with E-state index in [4.69, 9.17) is 4.74 Å². The third-order valence-corrected chi connectivity index (χ3v) is 4.69. The van der Waals surface area contributed by atoms with Gasteiger partial charge in [0.05, 0.1) is 5.57 Å². The van der Waals surface area contributed by atoms with Crippen LogP contribution in [-0.4, -0.2) is 36.5 Å². The Morgan fingerprint density at radius 2 is 1.81 bits per heavy atom. The maximum absolute atomic E-state index is 13.0. The average molecular weight is 429 g/mol. The second-order valence-electron chi connectivity index (χ2n) is 6.06. The number of hydrogen-bond donors (Lipinski definition) is 1. The van der Waals surface area contributed by atoms with Crippen molar-refractivity contribution in [3.8, 4) is 0 Å². The molecule has 1 aliphatic heterocycles. The number of rotatable bonds is 8. The molecular formula is C21H21BrN2O3. The van der Waals surface area contributed by atoms with Crippen LogP contribution in [0.4, 0.5) is 5.69 Å². The summed E-state index contributed by atoms with van der Waals surface area (Å²) in [5.74, 6) is -0.587. The van der Waals surface area contributed by atoms with Gasteiger partial charge in [-0.15, -0.1) is 0 Å². The summed E-state index contributed by atoms with van der Waals surface area (Å²) in [6.07, 6.45) is 0.609. The third-order valence-electron chi connectivity index (χ3n) is 4.20. The lowest BCUT2D eigenvalue weighted by Crippen LogP contribution is -2.34. The van der Waals surface area contributed by atoms with Crippen LogP contribution in [0, 0.1) is 0 Å². The van der Waals surface area contributed by atoms with Gasteiger partial charge in [0.2, 0.25) is 0 Å². The normalized spacial score (nSPS) is 14.2. The van der Waals surface area contributed by atoms with Crippen LogP contribution in [0.15, 0.2) is 64.8 Å². The maximum Gasteiger partial charge on any atom is 0.278 e. The van der Waals surface area contributed by atoms with E-state index in [0.29, 0.717) is 37.4 Å². The highest BCUT2D eigenvalue weighted by Gasteiger charge is 2.38. The molecule has 0 aromatic heterocycles. The number of anilines is 1. The summed E-state index contributed by atoms with van der Waals surface area (Å²) in [5, 5.41) is 3.15. The molecule has 1 heterocycles. The van der Waals surface area contributed by atoms with Gasteiger partial charge in [0, 0.05) is 29.9 Å². The fourth-order valence-electron chi connectivity index (χ4n) is 2.95. The lowest BCUT2D eigenvalue weighted by Gasteiger charge is -2.15. The molecule has 2 amide bonds. The van der Waals surface area contributed by atoms with Crippen molar-refractivity contribution in [2.24, 2.45) is 0 Å². The first kappa shape index (κ1) is 19.3. The van der Waals surface area contributed by atoms with Crippen LogP contribution >= 0.6 is 15.9 Å². The van der Waals surface area contributed by atoms with Gasteiger partial charge in [-0.2, -0.15) is 0 Å². The number of imide groups is 1. The number of halogens is 1. The molecule has 140 valence electrons. The van der Waals surface area contributed by atoms with Gasteiger partial charge < -0.3 is 10.1 Å². The highest BCUT2D eigenvalue weighted by molar-refractivity contribution is 9.10. The summed E-state index contributed by atoms with van der Waals surface area (Å²) < 4.78 is 6.22. The summed E-state index contributed by atoms with van der Waals surface area (Å²) >= 11 is 3.43. The van der Waals surface area contributed by atoms with E-state index < -0.39 is 0 Å². The molecule has 1 aliphatic rings. The van der Waals surface area contributed by atoms with E-state index in [-0.39, 0.29) is 11.8 Å². The van der Waals surface area contributed by atoms with Crippen molar-refractivity contribution in [3.63, 3.8) is 0 Å². The van der Waals surface area contributed by atoms with E-state index in [1.165, 1.54) is 4.90 Å². The zero-order valence-corrected chi connectivity index (χ0v) is 16.7. The number of carbonyl (C=O) groups excluding carboxylic acids is 2. The number of carbonyl (C=O) groups is 2. The van der Waals surface area contributed by atoms with Gasteiger partial charge >= 0.3 is 0 Å². The number of nitrogens with one attached hydrogen (secondary N) is 1. The Morgan fingerprint density at radius 3 is 2.52 bits per heavy atom. The first-order valence-electron chi connectivity index (χ1n) is 8.88. The van der Waals surface area contributed by atoms with Crippen LogP contribution in [0.3, 0.4) is 0 Å². The molecule has 0 atom stereocenters. The van der Waals surface area contributed by atoms with Crippen molar-refractivity contribution in [2.75, 3.05) is 25.1 Å². The Labute approximate surface area is 167 Å². The third kappa shape index (κ3) is 4.46. The fraction of sp³-hybridized carbons (Fsp3) is 0.238. The zero-order valence-electron chi connectivity index (χ0n) is 15.1. The molecule has 6 heteroatoms. The van der Waals surface area contributed by atoms with Crippen molar-refractivity contribution in [1.29, 1.82) is 0 Å². The lowest BCUT2D eigenvalue weighted by atomic mass is 10.0. The maximum atomic E-state index is 13.0. The molecule has 5 nitrogen and oxygen atoms in total. The molecule has 0 unspecified atom stereocenters. The number of benzene rings is 2. The minimum atomic E-state index is -0.310. The van der Waals surface area contributed by atoms with Crippen LogP contribution in [0.25, 0.3) is 5.57 Å². The highest BCUT2D eigenvalue weighted by Crippen LogP contribution is 2.31. The first-order chi connectivity index (χ1) is 13.1. The Kier molecular flexibility index (Phi) is 6.42. The summed E-state index contributed by atoms with van der Waals surface area (Å²) in [4.78, 5) is 27.3. The summed E-state index contributed by atoms with van der Waals surface area (Å²) in [7, 11) is 0. The van der Waals surface area contributed by atoms with Gasteiger partial charge in [-0.25, -0.2) is 0 Å². The Morgan fingerprint density at radius 1 is 1.04 bits per heavy atom. The molecule has 2 aromatic rings. The number of hydrogen-bond acceptors (Lipinski definition) is 4. The molecule has 0 bridgehead atoms. The quantitative estimate of drug-likeness (QED) is 0.508. The lowest BCUT2D eigenvalue weighted by molar-refractivity contribution is -0.137. The summed E-state index contributed by atoms with van der Waals surface area (Å²) in [5.41, 5.74) is 2.17. The van der Waals surface area contributed by atoms with E-state index in [9.17, 15) is 9.59 Å². The Balaban J connectivity index is 1.91. The van der Waals surface area contributed by atoms with E-state index in [1.807, 2.05) is 61.5 Å². The molecule has 0 radical (unpaired) electrons. The van der Waals surface area contributed by atoms with Crippen molar-refractivity contribution in [1.82, 2.24) is 4.90 Å². The fourth-order valence-corrected chi connectivity index (χ4v) is 3.35. The standard InChI is InChI=1S/C21H21BrN2O3/c1-2-27-13-7-12-24-20(25)18(15-8-4-3-5-9-15)19(21(24)26)23-17-11-6-10-16(22)14-17/h3-6,8-11,14,23H,2,7,12-13H2,1H3. The van der Waals surface area contributed by atoms with Crippen molar-refractivity contribution >= 4 is 39.0 Å². The molecule has 0 fully saturated rings. The van der Waals surface area contributed by atoms with Gasteiger partial charge in [0.1, 0.15) is 5.70 Å². The largest absolute Gasteiger partial charge is 0.382 e. The predicted octanol–water partition coefficient (Wildman–Crippen LogP) is 4.07. The van der Waals surface area contributed by atoms with E-state index >= 15 is 0 Å². The van der Waals surface area contributed by atoms with E-state index in [1.54, 1.807) is 0 Å². The topological polar surface area (TPSA) is 58.6 Å². The molecule has 2 aromatic carbocycles. The minimum Gasteiger partial charge on any atom is -0.382 e. The molecule has 1 N–H and O–H groups in total. The predicted molar refractivity (Wildman–Crippen MR) is 109 cm³/mol. The Hall–Kier alpha value is -2.44. The number of nitrogens with zero attached hydrogens (tertiary/aromatic N) is 1. The van der Waals surface area contributed by atoms with Gasteiger partial charge in [-0.1, -0.05) is 52.3 Å². The second-order valence-corrected chi connectivity index (χ2v) is 6.98. The Bertz CT molecular complexity index is 865. The highest BCUT2D eigenvalue weighted by atomic mass is 79.9. The summed E-state index contributed by atoms with van der Waals surface area (Å²) in [6, 6.07) is 16.8. The molecule has 0 spiro atoms.